The average Bonchev–Trinajstić information content (AvgIpc) is 2.99. The van der Waals surface area contributed by atoms with E-state index in [2.05, 4.69) is 27.3 Å². The number of piperidine rings is 1. The summed E-state index contributed by atoms with van der Waals surface area (Å²) in [5.74, 6) is 2.21. The number of nitrogens with one attached hydrogen (secondary N) is 1. The summed E-state index contributed by atoms with van der Waals surface area (Å²) in [6, 6.07) is 24.0. The lowest BCUT2D eigenvalue weighted by Crippen LogP contribution is -2.41. The van der Waals surface area contributed by atoms with E-state index in [1.807, 2.05) is 67.6 Å². The summed E-state index contributed by atoms with van der Waals surface area (Å²) in [4.78, 5) is 23.1. The normalized spacial score (nSPS) is 15.2. The highest BCUT2D eigenvalue weighted by molar-refractivity contribution is 5.74. The van der Waals surface area contributed by atoms with Crippen LogP contribution in [0.2, 0.25) is 0 Å². The number of para-hydroxylation sites is 2. The molecule has 1 aliphatic rings. The number of carbonyl (C=O) groups is 1. The highest BCUT2D eigenvalue weighted by atomic mass is 16.5. The Bertz CT molecular complexity index is 1510. The molecular weight excluding hydrogens is 528 g/mol. The Hall–Kier alpha value is -4.59. The van der Waals surface area contributed by atoms with Gasteiger partial charge >= 0.3 is 5.97 Å². The van der Waals surface area contributed by atoms with Gasteiger partial charge in [-0.15, -0.1) is 0 Å². The Labute approximate surface area is 247 Å². The largest absolute Gasteiger partial charge is 0.490 e. The zero-order valence-corrected chi connectivity index (χ0v) is 24.4. The summed E-state index contributed by atoms with van der Waals surface area (Å²) in [6.45, 7) is 7.66. The van der Waals surface area contributed by atoms with Gasteiger partial charge < -0.3 is 24.8 Å². The second-order valence-electron chi connectivity index (χ2n) is 11.2. The minimum absolute atomic E-state index is 0.0250. The van der Waals surface area contributed by atoms with Gasteiger partial charge in [-0.3, -0.25) is 9.78 Å². The Balaban J connectivity index is 1.25. The molecule has 3 aromatic carbocycles. The topological polar surface area (TPSA) is 96.8 Å². The summed E-state index contributed by atoms with van der Waals surface area (Å²) < 4.78 is 12.1. The summed E-state index contributed by atoms with van der Waals surface area (Å²) in [7, 11) is 0. The number of hydrogen-bond donors (Lipinski definition) is 2. The number of carboxylic acids is 1. The molecule has 2 heterocycles. The quantitative estimate of drug-likeness (QED) is 0.201. The molecule has 218 valence electrons. The molecule has 42 heavy (non-hydrogen) atoms. The van der Waals surface area contributed by atoms with E-state index < -0.39 is 11.4 Å². The average molecular weight is 567 g/mol. The number of aromatic nitrogens is 2. The van der Waals surface area contributed by atoms with Crippen molar-refractivity contribution in [2.24, 2.45) is 5.41 Å². The van der Waals surface area contributed by atoms with E-state index in [1.165, 1.54) is 0 Å². The van der Waals surface area contributed by atoms with Crippen LogP contribution in [0.1, 0.15) is 39.2 Å². The molecule has 0 amide bonds. The lowest BCUT2D eigenvalue weighted by Gasteiger charge is -2.33. The molecule has 8 nitrogen and oxygen atoms in total. The molecule has 1 fully saturated rings. The number of hydrogen-bond acceptors (Lipinski definition) is 7. The van der Waals surface area contributed by atoms with Crippen LogP contribution in [0.4, 0.5) is 17.3 Å². The predicted octanol–water partition coefficient (Wildman–Crippen LogP) is 6.99. The second kappa shape index (κ2) is 12.9. The van der Waals surface area contributed by atoms with E-state index in [9.17, 15) is 9.90 Å². The Morgan fingerprint density at radius 3 is 2.57 bits per heavy atom. The van der Waals surface area contributed by atoms with E-state index >= 15 is 0 Å². The molecule has 1 atom stereocenters. The number of rotatable bonds is 11. The van der Waals surface area contributed by atoms with Crippen LogP contribution in [0.25, 0.3) is 11.1 Å². The van der Waals surface area contributed by atoms with Crippen molar-refractivity contribution in [3.05, 3.63) is 90.8 Å². The molecule has 0 spiro atoms. The third-order valence-corrected chi connectivity index (χ3v) is 7.41. The van der Waals surface area contributed by atoms with Gasteiger partial charge in [0.15, 0.2) is 17.3 Å². The maximum atomic E-state index is 11.5. The van der Waals surface area contributed by atoms with Crippen molar-refractivity contribution < 1.29 is 19.4 Å². The number of nitrogens with zero attached hydrogens (tertiary/aromatic N) is 3. The molecule has 2 N–H and O–H groups in total. The fourth-order valence-corrected chi connectivity index (χ4v) is 5.14. The lowest BCUT2D eigenvalue weighted by molar-refractivity contribution is -0.146. The van der Waals surface area contributed by atoms with Gasteiger partial charge in [-0.05, 0) is 81.0 Å². The van der Waals surface area contributed by atoms with Crippen LogP contribution in [0, 0.1) is 5.41 Å². The molecule has 1 aromatic heterocycles. The molecule has 4 aromatic rings. The van der Waals surface area contributed by atoms with Crippen molar-refractivity contribution in [3.63, 3.8) is 0 Å². The van der Waals surface area contributed by atoms with Crippen LogP contribution in [0.5, 0.6) is 11.5 Å². The van der Waals surface area contributed by atoms with Gasteiger partial charge in [0.2, 0.25) is 0 Å². The number of anilines is 3. The first-order chi connectivity index (χ1) is 20.3. The highest BCUT2D eigenvalue weighted by Gasteiger charge is 2.27. The van der Waals surface area contributed by atoms with Crippen molar-refractivity contribution in [2.45, 2.75) is 46.1 Å². The van der Waals surface area contributed by atoms with Crippen LogP contribution in [0.15, 0.2) is 85.2 Å². The van der Waals surface area contributed by atoms with Crippen LogP contribution in [0.3, 0.4) is 0 Å². The molecule has 1 aliphatic heterocycles. The van der Waals surface area contributed by atoms with Crippen molar-refractivity contribution in [1.82, 2.24) is 9.97 Å². The van der Waals surface area contributed by atoms with E-state index in [0.717, 1.165) is 59.1 Å². The first kappa shape index (κ1) is 28.9. The molecule has 0 radical (unpaired) electrons. The van der Waals surface area contributed by atoms with Gasteiger partial charge in [-0.2, -0.15) is 0 Å². The van der Waals surface area contributed by atoms with Gasteiger partial charge in [0.1, 0.15) is 11.9 Å². The fourth-order valence-electron chi connectivity index (χ4n) is 5.14. The SMILES string of the molecule is CCOc1ccccc1OC1CCCN(c2cncc(Nc3cccc(-c4ccc(CC(C)(C)C(=O)O)cc4)c3)n2)C1. The zero-order valence-electron chi connectivity index (χ0n) is 24.4. The van der Waals surface area contributed by atoms with Crippen molar-refractivity contribution in [3.8, 4) is 22.6 Å². The molecule has 1 saturated heterocycles. The summed E-state index contributed by atoms with van der Waals surface area (Å²) in [5, 5.41) is 12.8. The molecule has 5 rings (SSSR count). The summed E-state index contributed by atoms with van der Waals surface area (Å²) in [6.07, 6.45) is 5.99. The van der Waals surface area contributed by atoms with Gasteiger partial charge in [0, 0.05) is 12.2 Å². The zero-order chi connectivity index (χ0) is 29.5. The van der Waals surface area contributed by atoms with Crippen molar-refractivity contribution >= 4 is 23.3 Å². The Morgan fingerprint density at radius 2 is 1.81 bits per heavy atom. The number of aliphatic carboxylic acids is 1. The van der Waals surface area contributed by atoms with Crippen LogP contribution in [-0.4, -0.2) is 46.8 Å². The van der Waals surface area contributed by atoms with Crippen LogP contribution >= 0.6 is 0 Å². The Morgan fingerprint density at radius 1 is 1.02 bits per heavy atom. The van der Waals surface area contributed by atoms with Gasteiger partial charge in [0.05, 0.1) is 31.0 Å². The van der Waals surface area contributed by atoms with E-state index in [0.29, 0.717) is 25.4 Å². The smallest absolute Gasteiger partial charge is 0.309 e. The van der Waals surface area contributed by atoms with Crippen LogP contribution in [-0.2, 0) is 11.2 Å². The standard InChI is InChI=1S/C34H38N4O4/c1-4-41-29-12-5-6-13-30(29)42-28-11-8-18-38(23-28)32-22-35-21-31(37-32)36-27-10-7-9-26(19-27)25-16-14-24(15-17-25)20-34(2,3)33(39)40/h5-7,9-10,12-17,19,21-22,28H,4,8,11,18,20,23H2,1-3H3,(H,36,37)(H,39,40). The predicted molar refractivity (Wildman–Crippen MR) is 166 cm³/mol. The summed E-state index contributed by atoms with van der Waals surface area (Å²) in [5.41, 5.74) is 3.20. The van der Waals surface area contributed by atoms with E-state index in [-0.39, 0.29) is 6.10 Å². The molecule has 0 saturated carbocycles. The first-order valence-electron chi connectivity index (χ1n) is 14.5. The second-order valence-corrected chi connectivity index (χ2v) is 11.2. The number of benzene rings is 3. The van der Waals surface area contributed by atoms with E-state index in [1.54, 1.807) is 26.2 Å². The number of carboxylic acid groups (broad SMARTS) is 1. The van der Waals surface area contributed by atoms with Gasteiger partial charge in [0.25, 0.3) is 0 Å². The maximum Gasteiger partial charge on any atom is 0.309 e. The fraction of sp³-hybridized carbons (Fsp3) is 0.324. The molecule has 1 unspecified atom stereocenters. The molecule has 0 bridgehead atoms. The molecule has 0 aliphatic carbocycles. The Kier molecular flexibility index (Phi) is 8.91. The minimum atomic E-state index is -0.807. The van der Waals surface area contributed by atoms with Gasteiger partial charge in [-0.25, -0.2) is 4.98 Å². The third-order valence-electron chi connectivity index (χ3n) is 7.41. The molecule has 8 heteroatoms. The number of ether oxygens (including phenoxy) is 2. The monoisotopic (exact) mass is 566 g/mol. The van der Waals surface area contributed by atoms with Crippen molar-refractivity contribution in [2.75, 3.05) is 29.9 Å². The lowest BCUT2D eigenvalue weighted by atomic mass is 9.85. The third kappa shape index (κ3) is 7.18. The maximum absolute atomic E-state index is 11.5. The van der Waals surface area contributed by atoms with Gasteiger partial charge in [-0.1, -0.05) is 48.5 Å². The first-order valence-corrected chi connectivity index (χ1v) is 14.5. The summed E-state index contributed by atoms with van der Waals surface area (Å²) >= 11 is 0. The minimum Gasteiger partial charge on any atom is -0.490 e. The highest BCUT2D eigenvalue weighted by Crippen LogP contribution is 2.31. The van der Waals surface area contributed by atoms with Crippen molar-refractivity contribution in [1.29, 1.82) is 0 Å². The van der Waals surface area contributed by atoms with Crippen LogP contribution < -0.4 is 19.7 Å². The van der Waals surface area contributed by atoms with E-state index in [4.69, 9.17) is 14.5 Å². The molecular formula is C34H38N4O4.